The summed E-state index contributed by atoms with van der Waals surface area (Å²) in [6, 6.07) is 7.74. The molecule has 0 aliphatic rings. The predicted molar refractivity (Wildman–Crippen MR) is 114 cm³/mol. The van der Waals surface area contributed by atoms with Crippen molar-refractivity contribution in [1.82, 2.24) is 9.97 Å². The van der Waals surface area contributed by atoms with Gasteiger partial charge >= 0.3 is 6.18 Å². The zero-order chi connectivity index (χ0) is 21.6. The predicted octanol–water partition coefficient (Wildman–Crippen LogP) is 7.32. The lowest BCUT2D eigenvalue weighted by molar-refractivity contribution is -0.139. The average Bonchev–Trinajstić information content (AvgIpc) is 3.18. The smallest absolute Gasteiger partial charge is 0.420 e. The number of alkyl halides is 3. The number of benzene rings is 1. The van der Waals surface area contributed by atoms with Gasteiger partial charge in [-0.1, -0.05) is 26.7 Å². The van der Waals surface area contributed by atoms with Crippen LogP contribution in [0, 0.1) is 0 Å². The van der Waals surface area contributed by atoms with Crippen molar-refractivity contribution in [2.45, 2.75) is 51.8 Å². The highest BCUT2D eigenvalue weighted by Crippen LogP contribution is 2.39. The molecular formula is C22H24F3N3OS. The maximum atomic E-state index is 13.7. The van der Waals surface area contributed by atoms with Crippen LogP contribution < -0.4 is 10.1 Å². The monoisotopic (exact) mass is 435 g/mol. The molecule has 0 aliphatic heterocycles. The molecule has 0 atom stereocenters. The molecule has 0 spiro atoms. The van der Waals surface area contributed by atoms with Crippen molar-refractivity contribution in [1.29, 1.82) is 0 Å². The number of nitrogens with zero attached hydrogens (tertiary/aromatic N) is 2. The molecule has 0 saturated heterocycles. The molecule has 0 unspecified atom stereocenters. The first-order valence-electron chi connectivity index (χ1n) is 9.91. The van der Waals surface area contributed by atoms with Gasteiger partial charge in [0.05, 0.1) is 17.4 Å². The minimum atomic E-state index is -4.51. The Balaban J connectivity index is 1.82. The van der Waals surface area contributed by atoms with Crippen LogP contribution in [0.1, 0.15) is 45.1 Å². The topological polar surface area (TPSA) is 47.0 Å². The van der Waals surface area contributed by atoms with Gasteiger partial charge in [-0.3, -0.25) is 4.98 Å². The lowest BCUT2D eigenvalue weighted by Crippen LogP contribution is -2.19. The van der Waals surface area contributed by atoms with Gasteiger partial charge in [-0.05, 0) is 43.2 Å². The highest BCUT2D eigenvalue weighted by Gasteiger charge is 2.35. The number of anilines is 2. The molecule has 30 heavy (non-hydrogen) atoms. The van der Waals surface area contributed by atoms with Gasteiger partial charge in [0.1, 0.15) is 5.75 Å². The summed E-state index contributed by atoms with van der Waals surface area (Å²) >= 11 is 1.32. The third-order valence-electron chi connectivity index (χ3n) is 4.51. The molecule has 160 valence electrons. The Morgan fingerprint density at radius 3 is 2.53 bits per heavy atom. The Labute approximate surface area is 178 Å². The molecule has 2 heterocycles. The normalized spacial score (nSPS) is 11.7. The average molecular weight is 436 g/mol. The molecule has 1 aromatic carbocycles. The number of halogens is 3. The molecule has 4 nitrogen and oxygen atoms in total. The van der Waals surface area contributed by atoms with Crippen molar-refractivity contribution < 1.29 is 17.9 Å². The molecule has 0 amide bonds. The summed E-state index contributed by atoms with van der Waals surface area (Å²) in [5, 5.41) is 5.31. The van der Waals surface area contributed by atoms with E-state index in [1.165, 1.54) is 17.4 Å². The van der Waals surface area contributed by atoms with Crippen molar-refractivity contribution in [3.63, 3.8) is 0 Å². The van der Waals surface area contributed by atoms with Crippen LogP contribution in [0.4, 0.5) is 24.0 Å². The molecule has 3 aromatic rings. The first-order valence-corrected chi connectivity index (χ1v) is 10.8. The van der Waals surface area contributed by atoms with Crippen molar-refractivity contribution in [2.75, 3.05) is 5.32 Å². The first-order chi connectivity index (χ1) is 14.4. The van der Waals surface area contributed by atoms with Gasteiger partial charge in [0.25, 0.3) is 0 Å². The second-order valence-electron chi connectivity index (χ2n) is 6.93. The van der Waals surface area contributed by atoms with Gasteiger partial charge in [-0.15, -0.1) is 11.3 Å². The van der Waals surface area contributed by atoms with Crippen molar-refractivity contribution in [3.05, 3.63) is 53.7 Å². The third-order valence-corrected chi connectivity index (χ3v) is 5.27. The van der Waals surface area contributed by atoms with E-state index in [1.807, 2.05) is 25.3 Å². The molecule has 0 bridgehead atoms. The zero-order valence-electron chi connectivity index (χ0n) is 16.9. The van der Waals surface area contributed by atoms with E-state index in [9.17, 15) is 13.2 Å². The summed E-state index contributed by atoms with van der Waals surface area (Å²) in [5.41, 5.74) is 1.09. The Hall–Kier alpha value is -2.61. The lowest BCUT2D eigenvalue weighted by Gasteiger charge is -2.21. The van der Waals surface area contributed by atoms with Crippen LogP contribution in [0.15, 0.2) is 48.1 Å². The Morgan fingerprint density at radius 2 is 1.90 bits per heavy atom. The quantitative estimate of drug-likeness (QED) is 0.383. The molecule has 0 fully saturated rings. The van der Waals surface area contributed by atoms with Gasteiger partial charge in [0.15, 0.2) is 5.13 Å². The van der Waals surface area contributed by atoms with E-state index in [0.29, 0.717) is 16.5 Å². The van der Waals surface area contributed by atoms with E-state index < -0.39 is 11.7 Å². The number of thiazole rings is 1. The largest absolute Gasteiger partial charge is 0.490 e. The number of nitrogens with one attached hydrogen (secondary N) is 1. The molecule has 0 aliphatic carbocycles. The van der Waals surface area contributed by atoms with Crippen LogP contribution >= 0.6 is 11.3 Å². The van der Waals surface area contributed by atoms with Crippen LogP contribution in [0.25, 0.3) is 11.3 Å². The highest BCUT2D eigenvalue weighted by atomic mass is 32.1. The van der Waals surface area contributed by atoms with E-state index >= 15 is 0 Å². The van der Waals surface area contributed by atoms with Crippen molar-refractivity contribution in [3.8, 4) is 17.0 Å². The van der Waals surface area contributed by atoms with E-state index in [2.05, 4.69) is 15.3 Å². The number of hydrogen-bond donors (Lipinski definition) is 1. The van der Waals surface area contributed by atoms with Gasteiger partial charge < -0.3 is 10.1 Å². The molecule has 3 rings (SSSR count). The molecule has 1 N–H and O–H groups in total. The molecule has 0 saturated carbocycles. The molecule has 2 aromatic heterocycles. The summed E-state index contributed by atoms with van der Waals surface area (Å²) in [4.78, 5) is 8.50. The van der Waals surface area contributed by atoms with Crippen LogP contribution in [-0.4, -0.2) is 16.1 Å². The maximum Gasteiger partial charge on any atom is 0.420 e. The van der Waals surface area contributed by atoms with Crippen molar-refractivity contribution >= 4 is 22.2 Å². The van der Waals surface area contributed by atoms with E-state index in [-0.39, 0.29) is 11.9 Å². The van der Waals surface area contributed by atoms with Gasteiger partial charge in [-0.2, -0.15) is 13.2 Å². The number of aromatic nitrogens is 2. The number of ether oxygens (including phenoxy) is 1. The van der Waals surface area contributed by atoms with Gasteiger partial charge in [-0.25, -0.2) is 4.98 Å². The van der Waals surface area contributed by atoms with Crippen LogP contribution in [0.3, 0.4) is 0 Å². The minimum Gasteiger partial charge on any atom is -0.490 e. The zero-order valence-corrected chi connectivity index (χ0v) is 17.7. The summed E-state index contributed by atoms with van der Waals surface area (Å²) in [6.07, 6.45) is 1.78. The molecule has 8 heteroatoms. The van der Waals surface area contributed by atoms with Gasteiger partial charge in [0, 0.05) is 29.0 Å². The number of pyridine rings is 1. The SMILES string of the molecule is CCCC(CCC)Oc1ccc(Nc2nc(-c3cccnc3)cs2)cc1C(F)(F)F. The van der Waals surface area contributed by atoms with Crippen LogP contribution in [0.5, 0.6) is 5.75 Å². The fraction of sp³-hybridized carbons (Fsp3) is 0.364. The summed E-state index contributed by atoms with van der Waals surface area (Å²) in [6.45, 7) is 4.00. The fourth-order valence-corrected chi connectivity index (χ4v) is 3.86. The Kier molecular flexibility index (Phi) is 7.31. The lowest BCUT2D eigenvalue weighted by atomic mass is 10.1. The second-order valence-corrected chi connectivity index (χ2v) is 7.79. The van der Waals surface area contributed by atoms with E-state index in [1.54, 1.807) is 24.5 Å². The summed E-state index contributed by atoms with van der Waals surface area (Å²) in [7, 11) is 0. The summed E-state index contributed by atoms with van der Waals surface area (Å²) < 4.78 is 46.8. The summed E-state index contributed by atoms with van der Waals surface area (Å²) in [5.74, 6) is -0.130. The molecular weight excluding hydrogens is 411 g/mol. The van der Waals surface area contributed by atoms with Crippen LogP contribution in [0.2, 0.25) is 0 Å². The van der Waals surface area contributed by atoms with Crippen molar-refractivity contribution in [2.24, 2.45) is 0 Å². The molecule has 0 radical (unpaired) electrons. The standard InChI is InChI=1S/C22H24F3N3OS/c1-3-6-17(7-4-2)29-20-10-9-16(12-18(20)22(23,24)25)27-21-28-19(14-30-21)15-8-5-11-26-13-15/h5,8-14,17H,3-4,6-7H2,1-2H3,(H,27,28). The maximum absolute atomic E-state index is 13.7. The Bertz CT molecular complexity index is 938. The number of rotatable bonds is 9. The van der Waals surface area contributed by atoms with Gasteiger partial charge in [0.2, 0.25) is 0 Å². The van der Waals surface area contributed by atoms with E-state index in [0.717, 1.165) is 37.3 Å². The Morgan fingerprint density at radius 1 is 1.13 bits per heavy atom. The minimum absolute atomic E-state index is 0.130. The fourth-order valence-electron chi connectivity index (χ4n) is 3.12. The third kappa shape index (κ3) is 5.72. The first kappa shape index (κ1) is 22.1. The highest BCUT2D eigenvalue weighted by molar-refractivity contribution is 7.14. The van der Waals surface area contributed by atoms with Crippen LogP contribution in [-0.2, 0) is 6.18 Å². The number of hydrogen-bond acceptors (Lipinski definition) is 5. The van der Waals surface area contributed by atoms with E-state index in [4.69, 9.17) is 4.74 Å². The second kappa shape index (κ2) is 9.93.